The molecule has 22 heavy (non-hydrogen) atoms. The second kappa shape index (κ2) is 8.20. The number of nitrogens with one attached hydrogen (secondary N) is 2. The summed E-state index contributed by atoms with van der Waals surface area (Å²) in [5, 5.41) is 6.16. The van der Waals surface area contributed by atoms with Crippen molar-refractivity contribution in [2.45, 2.75) is 13.3 Å². The van der Waals surface area contributed by atoms with Crippen molar-refractivity contribution >= 4 is 17.3 Å². The molecule has 0 unspecified atom stereocenters. The van der Waals surface area contributed by atoms with Crippen LogP contribution in [0.25, 0.3) is 0 Å². The molecule has 116 valence electrons. The van der Waals surface area contributed by atoms with Gasteiger partial charge in [-0.1, -0.05) is 24.3 Å². The molecule has 2 aromatic carbocycles. The quantitative estimate of drug-likeness (QED) is 0.772. The summed E-state index contributed by atoms with van der Waals surface area (Å²) in [6.07, 6.45) is 0.389. The molecule has 0 saturated carbocycles. The molecule has 0 atom stereocenters. The molecule has 0 spiro atoms. The molecule has 0 heterocycles. The van der Waals surface area contributed by atoms with Crippen molar-refractivity contribution in [3.05, 3.63) is 59.7 Å². The van der Waals surface area contributed by atoms with E-state index in [1.807, 2.05) is 55.5 Å². The summed E-state index contributed by atoms with van der Waals surface area (Å²) in [6, 6.07) is 15.6. The van der Waals surface area contributed by atoms with E-state index in [1.165, 1.54) is 0 Å². The van der Waals surface area contributed by atoms with Gasteiger partial charge >= 0.3 is 0 Å². The predicted molar refractivity (Wildman–Crippen MR) is 90.3 cm³/mol. The number of carbonyl (C=O) groups excluding carboxylic acids is 1. The first-order chi connectivity index (χ1) is 10.7. The maximum Gasteiger partial charge on any atom is 0.228 e. The van der Waals surface area contributed by atoms with Crippen molar-refractivity contribution in [1.82, 2.24) is 0 Å². The van der Waals surface area contributed by atoms with E-state index in [-0.39, 0.29) is 5.91 Å². The molecule has 0 saturated heterocycles. The zero-order valence-corrected chi connectivity index (χ0v) is 13.1. The third-order valence-electron chi connectivity index (χ3n) is 3.42. The van der Waals surface area contributed by atoms with Crippen molar-refractivity contribution < 1.29 is 9.53 Å². The van der Waals surface area contributed by atoms with Gasteiger partial charge in [0.05, 0.1) is 13.0 Å². The fraction of sp³-hybridized carbons (Fsp3) is 0.278. The van der Waals surface area contributed by atoms with Crippen molar-refractivity contribution in [2.75, 3.05) is 30.9 Å². The van der Waals surface area contributed by atoms with Gasteiger partial charge in [0.1, 0.15) is 0 Å². The van der Waals surface area contributed by atoms with Gasteiger partial charge in [0.25, 0.3) is 0 Å². The highest BCUT2D eigenvalue weighted by atomic mass is 16.5. The van der Waals surface area contributed by atoms with Crippen molar-refractivity contribution in [1.29, 1.82) is 0 Å². The van der Waals surface area contributed by atoms with E-state index < -0.39 is 0 Å². The topological polar surface area (TPSA) is 50.4 Å². The molecule has 2 aromatic rings. The van der Waals surface area contributed by atoms with Gasteiger partial charge in [0, 0.05) is 25.0 Å². The Balaban J connectivity index is 1.88. The predicted octanol–water partition coefficient (Wildman–Crippen LogP) is 3.23. The number of aryl methyl sites for hydroxylation is 1. The SMILES string of the molecule is COCCNc1ccc(NC(=O)Cc2ccccc2C)cc1. The molecule has 0 fully saturated rings. The normalized spacial score (nSPS) is 10.3. The van der Waals surface area contributed by atoms with Crippen LogP contribution >= 0.6 is 0 Å². The van der Waals surface area contributed by atoms with Gasteiger partial charge in [0.2, 0.25) is 5.91 Å². The first-order valence-electron chi connectivity index (χ1n) is 7.36. The smallest absolute Gasteiger partial charge is 0.228 e. The highest BCUT2D eigenvalue weighted by Gasteiger charge is 2.06. The minimum Gasteiger partial charge on any atom is -0.383 e. The lowest BCUT2D eigenvalue weighted by molar-refractivity contribution is -0.115. The molecule has 2 N–H and O–H groups in total. The molecule has 0 aliphatic carbocycles. The van der Waals surface area contributed by atoms with Crippen LogP contribution in [0.15, 0.2) is 48.5 Å². The number of hydrogen-bond acceptors (Lipinski definition) is 3. The van der Waals surface area contributed by atoms with Crippen LogP contribution in [0.3, 0.4) is 0 Å². The Morgan fingerprint density at radius 2 is 1.73 bits per heavy atom. The molecular weight excluding hydrogens is 276 g/mol. The Labute approximate surface area is 131 Å². The second-order valence-corrected chi connectivity index (χ2v) is 5.15. The minimum atomic E-state index is -0.00519. The fourth-order valence-corrected chi connectivity index (χ4v) is 2.16. The van der Waals surface area contributed by atoms with Crippen LogP contribution in [0, 0.1) is 6.92 Å². The largest absolute Gasteiger partial charge is 0.383 e. The molecule has 0 aliphatic rings. The number of ether oxygens (including phenoxy) is 1. The lowest BCUT2D eigenvalue weighted by Gasteiger charge is -2.09. The van der Waals surface area contributed by atoms with Crippen LogP contribution in [-0.4, -0.2) is 26.2 Å². The van der Waals surface area contributed by atoms with E-state index in [9.17, 15) is 4.79 Å². The van der Waals surface area contributed by atoms with Gasteiger partial charge in [-0.25, -0.2) is 0 Å². The number of benzene rings is 2. The Hall–Kier alpha value is -2.33. The third-order valence-corrected chi connectivity index (χ3v) is 3.42. The minimum absolute atomic E-state index is 0.00519. The van der Waals surface area contributed by atoms with Crippen LogP contribution in [0.2, 0.25) is 0 Å². The molecular formula is C18H22N2O2. The van der Waals surface area contributed by atoms with Crippen LogP contribution in [0.5, 0.6) is 0 Å². The van der Waals surface area contributed by atoms with E-state index >= 15 is 0 Å². The molecule has 0 aliphatic heterocycles. The van der Waals surface area contributed by atoms with E-state index in [4.69, 9.17) is 4.74 Å². The van der Waals surface area contributed by atoms with E-state index in [2.05, 4.69) is 10.6 Å². The molecule has 2 rings (SSSR count). The third kappa shape index (κ3) is 4.90. The Morgan fingerprint density at radius 3 is 2.41 bits per heavy atom. The van der Waals surface area contributed by atoms with Crippen LogP contribution in [0.4, 0.5) is 11.4 Å². The lowest BCUT2D eigenvalue weighted by atomic mass is 10.1. The molecule has 1 amide bonds. The van der Waals surface area contributed by atoms with E-state index in [1.54, 1.807) is 7.11 Å². The molecule has 0 bridgehead atoms. The number of anilines is 2. The summed E-state index contributed by atoms with van der Waals surface area (Å²) < 4.78 is 4.99. The first kappa shape index (κ1) is 16.0. The van der Waals surface area contributed by atoms with Gasteiger partial charge in [-0.3, -0.25) is 4.79 Å². The Kier molecular flexibility index (Phi) is 5.98. The maximum absolute atomic E-state index is 12.1. The van der Waals surface area contributed by atoms with Gasteiger partial charge in [-0.15, -0.1) is 0 Å². The molecule has 0 radical (unpaired) electrons. The summed E-state index contributed by atoms with van der Waals surface area (Å²) in [5.41, 5.74) is 4.00. The van der Waals surface area contributed by atoms with Crippen LogP contribution < -0.4 is 10.6 Å². The zero-order valence-electron chi connectivity index (χ0n) is 13.1. The Bertz CT molecular complexity index is 609. The van der Waals surface area contributed by atoms with Crippen LogP contribution in [0.1, 0.15) is 11.1 Å². The van der Waals surface area contributed by atoms with Crippen molar-refractivity contribution in [3.63, 3.8) is 0 Å². The number of carbonyl (C=O) groups is 1. The zero-order chi connectivity index (χ0) is 15.8. The van der Waals surface area contributed by atoms with E-state index in [0.29, 0.717) is 13.0 Å². The molecule has 4 nitrogen and oxygen atoms in total. The van der Waals surface area contributed by atoms with Gasteiger partial charge in [0.15, 0.2) is 0 Å². The van der Waals surface area contributed by atoms with E-state index in [0.717, 1.165) is 29.0 Å². The molecule has 0 aromatic heterocycles. The number of hydrogen-bond donors (Lipinski definition) is 2. The van der Waals surface area contributed by atoms with Gasteiger partial charge in [-0.2, -0.15) is 0 Å². The second-order valence-electron chi connectivity index (χ2n) is 5.15. The van der Waals surface area contributed by atoms with Crippen LogP contribution in [-0.2, 0) is 16.0 Å². The van der Waals surface area contributed by atoms with Crippen molar-refractivity contribution in [2.24, 2.45) is 0 Å². The highest BCUT2D eigenvalue weighted by Crippen LogP contribution is 2.14. The standard InChI is InChI=1S/C18H22N2O2/c1-14-5-3-4-6-15(14)13-18(21)20-17-9-7-16(8-10-17)19-11-12-22-2/h3-10,19H,11-13H2,1-2H3,(H,20,21). The van der Waals surface area contributed by atoms with Gasteiger partial charge < -0.3 is 15.4 Å². The fourth-order valence-electron chi connectivity index (χ4n) is 2.16. The average molecular weight is 298 g/mol. The monoisotopic (exact) mass is 298 g/mol. The summed E-state index contributed by atoms with van der Waals surface area (Å²) >= 11 is 0. The average Bonchev–Trinajstić information content (AvgIpc) is 2.51. The number of amides is 1. The molecule has 4 heteroatoms. The maximum atomic E-state index is 12.1. The number of methoxy groups -OCH3 is 1. The summed E-state index contributed by atoms with van der Waals surface area (Å²) in [5.74, 6) is -0.00519. The lowest BCUT2D eigenvalue weighted by Crippen LogP contribution is -2.15. The first-order valence-corrected chi connectivity index (χ1v) is 7.36. The summed E-state index contributed by atoms with van der Waals surface area (Å²) in [4.78, 5) is 12.1. The highest BCUT2D eigenvalue weighted by molar-refractivity contribution is 5.92. The van der Waals surface area contributed by atoms with Crippen molar-refractivity contribution in [3.8, 4) is 0 Å². The Morgan fingerprint density at radius 1 is 1.05 bits per heavy atom. The number of rotatable bonds is 7. The summed E-state index contributed by atoms with van der Waals surface area (Å²) in [7, 11) is 1.68. The summed E-state index contributed by atoms with van der Waals surface area (Å²) in [6.45, 7) is 3.44. The van der Waals surface area contributed by atoms with Gasteiger partial charge in [-0.05, 0) is 42.3 Å².